The average Bonchev–Trinajstić information content (AvgIpc) is 2.76. The third kappa shape index (κ3) is 3.56. The van der Waals surface area contributed by atoms with E-state index in [4.69, 9.17) is 0 Å². The molecule has 1 heterocycles. The monoisotopic (exact) mass is 423 g/mol. The van der Waals surface area contributed by atoms with Crippen LogP contribution in [-0.4, -0.2) is 20.9 Å². The number of carbonyl (C=O) groups excluding carboxylic acids is 1. The average molecular weight is 424 g/mol. The summed E-state index contributed by atoms with van der Waals surface area (Å²) in [6.45, 7) is 6.49. The second-order valence-electron chi connectivity index (χ2n) is 9.34. The van der Waals surface area contributed by atoms with Gasteiger partial charge in [0.05, 0.1) is 16.4 Å². The molecule has 31 heavy (non-hydrogen) atoms. The summed E-state index contributed by atoms with van der Waals surface area (Å²) < 4.78 is 0. The van der Waals surface area contributed by atoms with Crippen molar-refractivity contribution in [3.8, 4) is 5.75 Å². The summed E-state index contributed by atoms with van der Waals surface area (Å²) in [4.78, 5) is 28.3. The van der Waals surface area contributed by atoms with E-state index in [0.717, 1.165) is 31.3 Å². The van der Waals surface area contributed by atoms with Crippen molar-refractivity contribution in [1.82, 2.24) is 10.3 Å². The number of unbranched alkanes of at least 4 members (excludes halogenated alkanes) is 1. The van der Waals surface area contributed by atoms with Gasteiger partial charge in [-0.3, -0.25) is 19.9 Å². The lowest BCUT2D eigenvalue weighted by atomic mass is 9.48. The minimum absolute atomic E-state index is 0.104. The quantitative estimate of drug-likeness (QED) is 0.362. The van der Waals surface area contributed by atoms with Gasteiger partial charge in [-0.05, 0) is 54.2 Å². The van der Waals surface area contributed by atoms with Crippen LogP contribution in [0.3, 0.4) is 0 Å². The van der Waals surface area contributed by atoms with E-state index < -0.39 is 11.0 Å². The number of hydrogen-bond donors (Lipinski definition) is 2. The Labute approximate surface area is 181 Å². The second kappa shape index (κ2) is 7.94. The molecule has 1 aromatic carbocycles. The van der Waals surface area contributed by atoms with Crippen LogP contribution in [0.5, 0.6) is 5.75 Å². The van der Waals surface area contributed by atoms with Crippen LogP contribution in [-0.2, 0) is 4.79 Å². The van der Waals surface area contributed by atoms with Gasteiger partial charge in [0.1, 0.15) is 11.3 Å². The number of nitrogens with one attached hydrogen (secondary N) is 1. The first-order chi connectivity index (χ1) is 14.8. The molecule has 0 radical (unpaired) electrons. The highest BCUT2D eigenvalue weighted by Crippen LogP contribution is 2.61. The standard InChI is InChI=1S/C24H29N3O4/c1-4-5-8-20(28)26-21(15-10-9-14-12-18(15)24(14,2)3)17-13-19(27(30)31)16-7-6-11-25-22(16)23(17)29/h6-7,10-11,13-14,18,21,29H,4-5,8-9,12H2,1-3H3,(H,26,28)/t14-,18-,21?/m0/s1. The molecule has 3 aliphatic rings. The van der Waals surface area contributed by atoms with E-state index in [1.165, 1.54) is 12.3 Å². The van der Waals surface area contributed by atoms with Gasteiger partial charge in [-0.2, -0.15) is 0 Å². The normalized spacial score (nSPS) is 22.4. The van der Waals surface area contributed by atoms with E-state index >= 15 is 0 Å². The van der Waals surface area contributed by atoms with Gasteiger partial charge in [-0.1, -0.05) is 33.3 Å². The van der Waals surface area contributed by atoms with Gasteiger partial charge < -0.3 is 10.4 Å². The minimum Gasteiger partial charge on any atom is -0.505 e. The van der Waals surface area contributed by atoms with Gasteiger partial charge in [0.25, 0.3) is 5.69 Å². The lowest BCUT2D eigenvalue weighted by molar-refractivity contribution is -0.383. The van der Waals surface area contributed by atoms with Crippen LogP contribution in [0.1, 0.15) is 64.5 Å². The Hall–Kier alpha value is -2.96. The lowest BCUT2D eigenvalue weighted by Crippen LogP contribution is -2.50. The van der Waals surface area contributed by atoms with E-state index in [1.54, 1.807) is 12.1 Å². The van der Waals surface area contributed by atoms with Gasteiger partial charge in [-0.15, -0.1) is 0 Å². The number of allylic oxidation sites excluding steroid dienone is 1. The second-order valence-corrected chi connectivity index (χ2v) is 9.34. The van der Waals surface area contributed by atoms with Crippen molar-refractivity contribution < 1.29 is 14.8 Å². The molecule has 7 heteroatoms. The smallest absolute Gasteiger partial charge is 0.279 e. The summed E-state index contributed by atoms with van der Waals surface area (Å²) in [5.74, 6) is 0.650. The zero-order valence-electron chi connectivity index (χ0n) is 18.2. The zero-order chi connectivity index (χ0) is 22.3. The summed E-state index contributed by atoms with van der Waals surface area (Å²) in [5, 5.41) is 26.3. The number of carbonyl (C=O) groups is 1. The third-order valence-electron chi connectivity index (χ3n) is 7.29. The summed E-state index contributed by atoms with van der Waals surface area (Å²) in [6, 6.07) is 3.99. The predicted molar refractivity (Wildman–Crippen MR) is 119 cm³/mol. The first kappa shape index (κ1) is 21.3. The molecule has 3 aliphatic carbocycles. The molecule has 164 valence electrons. The maximum Gasteiger partial charge on any atom is 0.279 e. The lowest BCUT2D eigenvalue weighted by Gasteiger charge is -2.57. The number of nitro groups is 1. The number of benzene rings is 1. The fourth-order valence-corrected chi connectivity index (χ4v) is 5.23. The van der Waals surface area contributed by atoms with Crippen LogP contribution in [0.15, 0.2) is 36.0 Å². The number of amides is 1. The molecule has 7 nitrogen and oxygen atoms in total. The molecule has 1 saturated carbocycles. The van der Waals surface area contributed by atoms with Crippen molar-refractivity contribution in [2.75, 3.05) is 0 Å². The molecule has 1 fully saturated rings. The SMILES string of the molecule is CCCCC(=O)NC(C1=CC[C@H]2C[C@@H]1C2(C)C)c1cc([N+](=O)[O-])c2cccnc2c1O. The number of hydrogen-bond acceptors (Lipinski definition) is 5. The first-order valence-corrected chi connectivity index (χ1v) is 11.0. The number of phenols is 1. The van der Waals surface area contributed by atoms with Gasteiger partial charge in [0.2, 0.25) is 5.91 Å². The number of aromatic nitrogens is 1. The molecule has 0 spiro atoms. The molecule has 1 aromatic heterocycles. The van der Waals surface area contributed by atoms with Crippen LogP contribution < -0.4 is 5.32 Å². The molecule has 3 atom stereocenters. The highest BCUT2D eigenvalue weighted by Gasteiger charge is 2.53. The Morgan fingerprint density at radius 1 is 1.45 bits per heavy atom. The molecule has 1 amide bonds. The number of pyridine rings is 1. The molecular formula is C24H29N3O4. The van der Waals surface area contributed by atoms with Crippen molar-refractivity contribution in [2.45, 2.75) is 58.9 Å². The van der Waals surface area contributed by atoms with Crippen LogP contribution in [0, 0.1) is 27.4 Å². The van der Waals surface area contributed by atoms with E-state index in [9.17, 15) is 20.0 Å². The van der Waals surface area contributed by atoms with E-state index in [1.807, 2.05) is 6.92 Å². The Morgan fingerprint density at radius 2 is 2.23 bits per heavy atom. The maximum atomic E-state index is 12.7. The topological polar surface area (TPSA) is 105 Å². The fraction of sp³-hybridized carbons (Fsp3) is 0.500. The third-order valence-corrected chi connectivity index (χ3v) is 7.29. The molecule has 2 N–H and O–H groups in total. The Morgan fingerprint density at radius 3 is 2.87 bits per heavy atom. The number of nitrogens with zero attached hydrogens (tertiary/aromatic N) is 2. The molecule has 1 unspecified atom stereocenters. The Balaban J connectivity index is 1.85. The van der Waals surface area contributed by atoms with E-state index in [0.29, 0.717) is 17.9 Å². The van der Waals surface area contributed by atoms with Crippen molar-refractivity contribution in [3.05, 3.63) is 51.7 Å². The largest absolute Gasteiger partial charge is 0.505 e. The number of nitro benzene ring substituents is 1. The van der Waals surface area contributed by atoms with E-state index in [-0.39, 0.29) is 39.6 Å². The fourth-order valence-electron chi connectivity index (χ4n) is 5.23. The molecule has 2 bridgehead atoms. The van der Waals surface area contributed by atoms with Crippen LogP contribution in [0.4, 0.5) is 5.69 Å². The van der Waals surface area contributed by atoms with Crippen molar-refractivity contribution in [1.29, 1.82) is 0 Å². The molecular weight excluding hydrogens is 394 g/mol. The van der Waals surface area contributed by atoms with Crippen molar-refractivity contribution in [2.24, 2.45) is 17.3 Å². The predicted octanol–water partition coefficient (Wildman–Crippen LogP) is 5.19. The number of rotatable bonds is 7. The molecule has 2 aromatic rings. The highest BCUT2D eigenvalue weighted by molar-refractivity contribution is 5.94. The van der Waals surface area contributed by atoms with Crippen molar-refractivity contribution >= 4 is 22.5 Å². The number of fused-ring (bicyclic) bond motifs is 2. The number of phenolic OH excluding ortho intramolecular Hbond substituents is 1. The van der Waals surface area contributed by atoms with Crippen LogP contribution in [0.2, 0.25) is 0 Å². The summed E-state index contributed by atoms with van der Waals surface area (Å²) >= 11 is 0. The molecule has 5 rings (SSSR count). The van der Waals surface area contributed by atoms with Crippen LogP contribution in [0.25, 0.3) is 10.9 Å². The van der Waals surface area contributed by atoms with Crippen molar-refractivity contribution in [3.63, 3.8) is 0 Å². The maximum absolute atomic E-state index is 12.7. The number of aromatic hydroxyl groups is 1. The number of non-ortho nitro benzene ring substituents is 1. The van der Waals surface area contributed by atoms with Gasteiger partial charge >= 0.3 is 0 Å². The van der Waals surface area contributed by atoms with Crippen LogP contribution >= 0.6 is 0 Å². The summed E-state index contributed by atoms with van der Waals surface area (Å²) in [5.41, 5.74) is 1.55. The van der Waals surface area contributed by atoms with E-state index in [2.05, 4.69) is 30.2 Å². The van der Waals surface area contributed by atoms with Gasteiger partial charge in [-0.25, -0.2) is 0 Å². The Bertz CT molecular complexity index is 1080. The van der Waals surface area contributed by atoms with Gasteiger partial charge in [0.15, 0.2) is 0 Å². The molecule has 0 saturated heterocycles. The zero-order valence-corrected chi connectivity index (χ0v) is 18.2. The highest BCUT2D eigenvalue weighted by atomic mass is 16.6. The summed E-state index contributed by atoms with van der Waals surface area (Å²) in [7, 11) is 0. The first-order valence-electron chi connectivity index (χ1n) is 11.0. The summed E-state index contributed by atoms with van der Waals surface area (Å²) in [6.07, 6.45) is 7.65. The Kier molecular flexibility index (Phi) is 5.45. The molecule has 0 aliphatic heterocycles. The minimum atomic E-state index is -0.611. The van der Waals surface area contributed by atoms with Gasteiger partial charge in [0, 0.05) is 24.2 Å².